The number of nitrogens with zero attached hydrogens (tertiary/aromatic N) is 3. The fourth-order valence-corrected chi connectivity index (χ4v) is 2.18. The second kappa shape index (κ2) is 6.11. The Labute approximate surface area is 96.8 Å². The van der Waals surface area contributed by atoms with E-state index in [0.29, 0.717) is 11.8 Å². The highest BCUT2D eigenvalue weighted by Gasteiger charge is 2.17. The van der Waals surface area contributed by atoms with Crippen LogP contribution in [0.1, 0.15) is 57.1 Å². The summed E-state index contributed by atoms with van der Waals surface area (Å²) in [5, 5.41) is 8.35. The molecule has 0 fully saturated rings. The van der Waals surface area contributed by atoms with Gasteiger partial charge >= 0.3 is 0 Å². The SMILES string of the molecule is CCCC(CCC)c1nnc(CCl)n1C. The first kappa shape index (κ1) is 12.5. The minimum absolute atomic E-state index is 0.439. The number of alkyl halides is 1. The fraction of sp³-hybridized carbons (Fsp3) is 0.818. The third kappa shape index (κ3) is 2.94. The van der Waals surface area contributed by atoms with Gasteiger partial charge in [0, 0.05) is 13.0 Å². The van der Waals surface area contributed by atoms with E-state index >= 15 is 0 Å². The Balaban J connectivity index is 2.84. The summed E-state index contributed by atoms with van der Waals surface area (Å²) >= 11 is 5.78. The van der Waals surface area contributed by atoms with Gasteiger partial charge in [-0.1, -0.05) is 26.7 Å². The normalized spacial score (nSPS) is 11.3. The second-order valence-electron chi connectivity index (χ2n) is 3.94. The molecule has 1 aromatic heterocycles. The van der Waals surface area contributed by atoms with Crippen molar-refractivity contribution in [1.82, 2.24) is 14.8 Å². The molecule has 15 heavy (non-hydrogen) atoms. The Morgan fingerprint density at radius 1 is 1.20 bits per heavy atom. The van der Waals surface area contributed by atoms with Gasteiger partial charge in [0.2, 0.25) is 0 Å². The van der Waals surface area contributed by atoms with Crippen molar-refractivity contribution in [3.63, 3.8) is 0 Å². The molecule has 0 atom stereocenters. The van der Waals surface area contributed by atoms with Gasteiger partial charge in [0.1, 0.15) is 11.6 Å². The van der Waals surface area contributed by atoms with Crippen LogP contribution in [-0.2, 0) is 12.9 Å². The van der Waals surface area contributed by atoms with Crippen LogP contribution in [0.2, 0.25) is 0 Å². The molecular formula is C11H20ClN3. The summed E-state index contributed by atoms with van der Waals surface area (Å²) in [5.74, 6) is 2.93. The average Bonchev–Trinajstić information content (AvgIpc) is 2.59. The first-order valence-corrected chi connectivity index (χ1v) is 6.22. The molecule has 86 valence electrons. The highest BCUT2D eigenvalue weighted by atomic mass is 35.5. The molecule has 0 saturated carbocycles. The van der Waals surface area contributed by atoms with E-state index in [1.54, 1.807) is 0 Å². The number of aromatic nitrogens is 3. The van der Waals surface area contributed by atoms with E-state index in [1.165, 1.54) is 25.7 Å². The van der Waals surface area contributed by atoms with Gasteiger partial charge in [-0.3, -0.25) is 0 Å². The fourth-order valence-electron chi connectivity index (χ4n) is 1.95. The van der Waals surface area contributed by atoms with Crippen molar-refractivity contribution in [2.24, 2.45) is 7.05 Å². The lowest BCUT2D eigenvalue weighted by Gasteiger charge is -2.14. The molecule has 0 aliphatic heterocycles. The van der Waals surface area contributed by atoms with E-state index in [-0.39, 0.29) is 0 Å². The molecule has 0 aliphatic carbocycles. The van der Waals surface area contributed by atoms with Crippen LogP contribution in [0.3, 0.4) is 0 Å². The van der Waals surface area contributed by atoms with Crippen LogP contribution >= 0.6 is 11.6 Å². The summed E-state index contributed by atoms with van der Waals surface area (Å²) in [6.45, 7) is 4.42. The lowest BCUT2D eigenvalue weighted by Crippen LogP contribution is -2.07. The Bertz CT molecular complexity index is 290. The Morgan fingerprint density at radius 2 is 1.80 bits per heavy atom. The minimum atomic E-state index is 0.439. The predicted molar refractivity (Wildman–Crippen MR) is 63.1 cm³/mol. The van der Waals surface area contributed by atoms with E-state index in [9.17, 15) is 0 Å². The molecule has 0 radical (unpaired) electrons. The van der Waals surface area contributed by atoms with Crippen molar-refractivity contribution < 1.29 is 0 Å². The topological polar surface area (TPSA) is 30.7 Å². The van der Waals surface area contributed by atoms with Crippen LogP contribution < -0.4 is 0 Å². The molecule has 3 nitrogen and oxygen atoms in total. The van der Waals surface area contributed by atoms with Gasteiger partial charge in [-0.05, 0) is 12.8 Å². The van der Waals surface area contributed by atoms with Crippen LogP contribution in [0, 0.1) is 0 Å². The molecule has 0 aromatic carbocycles. The summed E-state index contributed by atoms with van der Waals surface area (Å²) < 4.78 is 2.04. The van der Waals surface area contributed by atoms with E-state index in [4.69, 9.17) is 11.6 Å². The van der Waals surface area contributed by atoms with Gasteiger partial charge in [0.15, 0.2) is 0 Å². The first-order valence-electron chi connectivity index (χ1n) is 5.68. The van der Waals surface area contributed by atoms with Crippen molar-refractivity contribution in [2.45, 2.75) is 51.3 Å². The van der Waals surface area contributed by atoms with Crippen LogP contribution in [-0.4, -0.2) is 14.8 Å². The van der Waals surface area contributed by atoms with Crippen molar-refractivity contribution in [3.05, 3.63) is 11.6 Å². The molecule has 0 amide bonds. The molecule has 0 N–H and O–H groups in total. The summed E-state index contributed by atoms with van der Waals surface area (Å²) in [5.41, 5.74) is 0. The molecule has 0 bridgehead atoms. The summed E-state index contributed by atoms with van der Waals surface area (Å²) in [7, 11) is 2.01. The average molecular weight is 230 g/mol. The molecule has 4 heteroatoms. The molecule has 1 rings (SSSR count). The predicted octanol–water partition coefficient (Wildman–Crippen LogP) is 3.24. The van der Waals surface area contributed by atoms with Gasteiger partial charge in [-0.2, -0.15) is 0 Å². The maximum absolute atomic E-state index is 5.78. The van der Waals surface area contributed by atoms with E-state index in [2.05, 4.69) is 24.0 Å². The van der Waals surface area contributed by atoms with Crippen molar-refractivity contribution in [1.29, 1.82) is 0 Å². The lowest BCUT2D eigenvalue weighted by molar-refractivity contribution is 0.515. The highest BCUT2D eigenvalue weighted by molar-refractivity contribution is 6.16. The lowest BCUT2D eigenvalue weighted by atomic mass is 9.97. The molecule has 0 aliphatic rings. The van der Waals surface area contributed by atoms with Crippen molar-refractivity contribution >= 4 is 11.6 Å². The Hall–Kier alpha value is -0.570. The third-order valence-electron chi connectivity index (χ3n) is 2.76. The first-order chi connectivity index (χ1) is 7.24. The zero-order valence-electron chi connectivity index (χ0n) is 9.83. The van der Waals surface area contributed by atoms with Crippen LogP contribution in [0.25, 0.3) is 0 Å². The molecule has 0 saturated heterocycles. The van der Waals surface area contributed by atoms with E-state index in [1.807, 2.05) is 11.6 Å². The smallest absolute Gasteiger partial charge is 0.147 e. The van der Waals surface area contributed by atoms with E-state index in [0.717, 1.165) is 11.6 Å². The summed E-state index contributed by atoms with van der Waals surface area (Å²) in [6, 6.07) is 0. The third-order valence-corrected chi connectivity index (χ3v) is 3.00. The minimum Gasteiger partial charge on any atom is -0.317 e. The maximum Gasteiger partial charge on any atom is 0.147 e. The van der Waals surface area contributed by atoms with Crippen LogP contribution in [0.15, 0.2) is 0 Å². The van der Waals surface area contributed by atoms with Gasteiger partial charge in [-0.15, -0.1) is 21.8 Å². The van der Waals surface area contributed by atoms with Gasteiger partial charge < -0.3 is 4.57 Å². The number of rotatable bonds is 6. The van der Waals surface area contributed by atoms with Gasteiger partial charge in [-0.25, -0.2) is 0 Å². The molecule has 1 heterocycles. The number of halogens is 1. The quantitative estimate of drug-likeness (QED) is 0.702. The molecule has 1 aromatic rings. The second-order valence-corrected chi connectivity index (χ2v) is 4.21. The largest absolute Gasteiger partial charge is 0.317 e. The molecule has 0 unspecified atom stereocenters. The number of hydrogen-bond donors (Lipinski definition) is 0. The van der Waals surface area contributed by atoms with Gasteiger partial charge in [0.25, 0.3) is 0 Å². The van der Waals surface area contributed by atoms with Crippen LogP contribution in [0.5, 0.6) is 0 Å². The summed E-state index contributed by atoms with van der Waals surface area (Å²) in [4.78, 5) is 0. The monoisotopic (exact) mass is 229 g/mol. The molecule has 0 spiro atoms. The standard InChI is InChI=1S/C11H20ClN3/c1-4-6-9(7-5-2)11-14-13-10(8-12)15(11)3/h9H,4-8H2,1-3H3. The Morgan fingerprint density at radius 3 is 2.20 bits per heavy atom. The van der Waals surface area contributed by atoms with Crippen molar-refractivity contribution in [3.8, 4) is 0 Å². The molecular weight excluding hydrogens is 210 g/mol. The number of hydrogen-bond acceptors (Lipinski definition) is 2. The van der Waals surface area contributed by atoms with Crippen molar-refractivity contribution in [2.75, 3.05) is 0 Å². The zero-order valence-corrected chi connectivity index (χ0v) is 10.6. The summed E-state index contributed by atoms with van der Waals surface area (Å²) in [6.07, 6.45) is 4.74. The Kier molecular flexibility index (Phi) is 5.09. The maximum atomic E-state index is 5.78. The van der Waals surface area contributed by atoms with Gasteiger partial charge in [0.05, 0.1) is 5.88 Å². The zero-order chi connectivity index (χ0) is 11.3. The van der Waals surface area contributed by atoms with E-state index < -0.39 is 0 Å². The van der Waals surface area contributed by atoms with Crippen LogP contribution in [0.4, 0.5) is 0 Å². The highest BCUT2D eigenvalue weighted by Crippen LogP contribution is 2.24.